The Morgan fingerprint density at radius 2 is 1.89 bits per heavy atom. The number of halogens is 1. The average Bonchev–Trinajstić information content (AvgIpc) is 2.86. The summed E-state index contributed by atoms with van der Waals surface area (Å²) in [5.74, 6) is 0.121. The number of alkyl carbamates (subject to hydrolysis) is 1. The number of aliphatic carboxylic acids is 1. The van der Waals surface area contributed by atoms with Crippen molar-refractivity contribution >= 4 is 33.8 Å². The first-order chi connectivity index (χ1) is 17.3. The van der Waals surface area contributed by atoms with Gasteiger partial charge in [0.25, 0.3) is 0 Å². The van der Waals surface area contributed by atoms with Crippen LogP contribution in [0.15, 0.2) is 70.3 Å². The lowest BCUT2D eigenvalue weighted by Crippen LogP contribution is -2.29. The van der Waals surface area contributed by atoms with Gasteiger partial charge in [-0.25, -0.2) is 4.79 Å². The van der Waals surface area contributed by atoms with Crippen LogP contribution in [0.3, 0.4) is 0 Å². The monoisotopic (exact) mass is 555 g/mol. The van der Waals surface area contributed by atoms with Crippen molar-refractivity contribution < 1.29 is 28.9 Å². The van der Waals surface area contributed by atoms with E-state index in [4.69, 9.17) is 14.2 Å². The first kappa shape index (κ1) is 25.8. The van der Waals surface area contributed by atoms with Crippen LogP contribution < -0.4 is 10.1 Å². The molecule has 1 aliphatic heterocycles. The topological polar surface area (TPSA) is 94.1 Å². The summed E-state index contributed by atoms with van der Waals surface area (Å²) in [5, 5.41) is 12.2. The van der Waals surface area contributed by atoms with E-state index in [1.807, 2.05) is 68.5 Å². The highest BCUT2D eigenvalue weighted by Crippen LogP contribution is 2.31. The highest BCUT2D eigenvalue weighted by Gasteiger charge is 2.28. The van der Waals surface area contributed by atoms with Crippen LogP contribution in [0.25, 0.3) is 5.76 Å². The SMILES string of the molecule is CC1=CCOC(c2ccc(O[C@H]3CCC[C@H](C(=O)O)C3)cc2)=C1NC(=O)O[C@H](C)c1ccccc1Br. The summed E-state index contributed by atoms with van der Waals surface area (Å²) in [5.41, 5.74) is 3.09. The van der Waals surface area contributed by atoms with E-state index in [1.54, 1.807) is 0 Å². The Kier molecular flexibility index (Phi) is 8.36. The standard InChI is InChI=1S/C28H30BrNO6/c1-17-14-15-34-26(25(17)30-28(33)35-18(2)23-8-3-4-9-24(23)29)19-10-12-21(13-11-19)36-22-7-5-6-20(16-22)27(31)32/h3-4,8-14,18,20,22H,5-7,15-16H2,1-2H3,(H,30,33)(H,31,32)/t18-,20+,22+/m1/s1. The summed E-state index contributed by atoms with van der Waals surface area (Å²) in [6.07, 6.45) is 3.67. The number of hydrogen-bond acceptors (Lipinski definition) is 5. The van der Waals surface area contributed by atoms with Crippen LogP contribution in [0.4, 0.5) is 4.79 Å². The molecule has 4 rings (SSSR count). The number of carboxylic acids is 1. The fraction of sp³-hybridized carbons (Fsp3) is 0.357. The highest BCUT2D eigenvalue weighted by atomic mass is 79.9. The molecule has 0 spiro atoms. The van der Waals surface area contributed by atoms with Crippen molar-refractivity contribution in [2.75, 3.05) is 6.61 Å². The van der Waals surface area contributed by atoms with Crippen molar-refractivity contribution in [3.05, 3.63) is 81.5 Å². The van der Waals surface area contributed by atoms with Gasteiger partial charge in [0.2, 0.25) is 0 Å². The van der Waals surface area contributed by atoms with Crippen LogP contribution in [0, 0.1) is 5.92 Å². The van der Waals surface area contributed by atoms with Crippen LogP contribution in [0.1, 0.15) is 56.8 Å². The highest BCUT2D eigenvalue weighted by molar-refractivity contribution is 9.10. The van der Waals surface area contributed by atoms with Crippen molar-refractivity contribution in [2.24, 2.45) is 5.92 Å². The molecule has 8 heteroatoms. The number of ether oxygens (including phenoxy) is 3. The molecule has 3 atom stereocenters. The maximum absolute atomic E-state index is 12.8. The quantitative estimate of drug-likeness (QED) is 0.399. The number of allylic oxidation sites excluding steroid dienone is 1. The second kappa shape index (κ2) is 11.6. The number of benzene rings is 2. The van der Waals surface area contributed by atoms with Gasteiger partial charge in [-0.05, 0) is 81.5 Å². The molecular weight excluding hydrogens is 526 g/mol. The number of carboxylic acid groups (broad SMARTS) is 1. The molecule has 2 aromatic carbocycles. The van der Waals surface area contributed by atoms with E-state index in [1.165, 1.54) is 0 Å². The van der Waals surface area contributed by atoms with E-state index in [2.05, 4.69) is 21.2 Å². The molecule has 1 amide bonds. The maximum atomic E-state index is 12.8. The number of carbonyl (C=O) groups excluding carboxylic acids is 1. The molecule has 2 aliphatic rings. The van der Waals surface area contributed by atoms with Gasteiger partial charge in [0.05, 0.1) is 17.7 Å². The van der Waals surface area contributed by atoms with Crippen LogP contribution in [-0.4, -0.2) is 29.9 Å². The molecule has 2 aromatic rings. The third-order valence-electron chi connectivity index (χ3n) is 6.49. The molecule has 0 radical (unpaired) electrons. The van der Waals surface area contributed by atoms with Crippen molar-refractivity contribution in [3.63, 3.8) is 0 Å². The largest absolute Gasteiger partial charge is 0.490 e. The average molecular weight is 556 g/mol. The first-order valence-electron chi connectivity index (χ1n) is 12.1. The Bertz CT molecular complexity index is 1170. The van der Waals surface area contributed by atoms with Gasteiger partial charge < -0.3 is 19.3 Å². The lowest BCUT2D eigenvalue weighted by atomic mass is 9.87. The molecule has 0 saturated heterocycles. The predicted molar refractivity (Wildman–Crippen MR) is 139 cm³/mol. The molecular formula is C28H30BrNO6. The molecule has 2 N–H and O–H groups in total. The Balaban J connectivity index is 1.45. The summed E-state index contributed by atoms with van der Waals surface area (Å²) in [4.78, 5) is 24.1. The van der Waals surface area contributed by atoms with Gasteiger partial charge in [0.15, 0.2) is 5.76 Å². The molecule has 1 heterocycles. The molecule has 1 aliphatic carbocycles. The van der Waals surface area contributed by atoms with E-state index in [-0.39, 0.29) is 12.0 Å². The number of hydrogen-bond donors (Lipinski definition) is 2. The van der Waals surface area contributed by atoms with Crippen LogP contribution in [0.5, 0.6) is 5.75 Å². The summed E-state index contributed by atoms with van der Waals surface area (Å²) in [6.45, 7) is 4.12. The summed E-state index contributed by atoms with van der Waals surface area (Å²) >= 11 is 3.49. The first-order valence-corrected chi connectivity index (χ1v) is 12.9. The molecule has 0 aromatic heterocycles. The van der Waals surface area contributed by atoms with Crippen LogP contribution in [0.2, 0.25) is 0 Å². The molecule has 190 valence electrons. The normalized spacial score (nSPS) is 20.6. The zero-order valence-electron chi connectivity index (χ0n) is 20.3. The minimum absolute atomic E-state index is 0.111. The minimum Gasteiger partial charge on any atom is -0.490 e. The van der Waals surface area contributed by atoms with Gasteiger partial charge >= 0.3 is 12.1 Å². The van der Waals surface area contributed by atoms with Gasteiger partial charge in [-0.1, -0.05) is 34.1 Å². The number of amides is 1. The lowest BCUT2D eigenvalue weighted by Gasteiger charge is -2.27. The zero-order chi connectivity index (χ0) is 25.7. The Morgan fingerprint density at radius 3 is 2.61 bits per heavy atom. The Morgan fingerprint density at radius 1 is 1.14 bits per heavy atom. The van der Waals surface area contributed by atoms with E-state index < -0.39 is 18.2 Å². The van der Waals surface area contributed by atoms with Gasteiger partial charge in [0, 0.05) is 15.6 Å². The maximum Gasteiger partial charge on any atom is 0.412 e. The second-order valence-electron chi connectivity index (χ2n) is 9.06. The van der Waals surface area contributed by atoms with Gasteiger partial charge in [-0.2, -0.15) is 0 Å². The number of rotatable bonds is 7. The summed E-state index contributed by atoms with van der Waals surface area (Å²) < 4.78 is 18.5. The third kappa shape index (κ3) is 6.29. The Labute approximate surface area is 219 Å². The number of nitrogens with one attached hydrogen (secondary N) is 1. The Hall–Kier alpha value is -3.26. The van der Waals surface area contributed by atoms with Gasteiger partial charge in [-0.15, -0.1) is 0 Å². The summed E-state index contributed by atoms with van der Waals surface area (Å²) in [7, 11) is 0. The van der Waals surface area contributed by atoms with Crippen molar-refractivity contribution in [3.8, 4) is 5.75 Å². The zero-order valence-corrected chi connectivity index (χ0v) is 21.9. The van der Waals surface area contributed by atoms with Crippen LogP contribution in [-0.2, 0) is 14.3 Å². The van der Waals surface area contributed by atoms with E-state index >= 15 is 0 Å². The fourth-order valence-corrected chi connectivity index (χ4v) is 5.11. The number of carbonyl (C=O) groups is 2. The van der Waals surface area contributed by atoms with E-state index in [0.717, 1.165) is 34.0 Å². The molecule has 0 unspecified atom stereocenters. The van der Waals surface area contributed by atoms with Crippen molar-refractivity contribution in [1.29, 1.82) is 0 Å². The summed E-state index contributed by atoms with van der Waals surface area (Å²) in [6, 6.07) is 15.0. The van der Waals surface area contributed by atoms with E-state index in [0.29, 0.717) is 36.7 Å². The molecule has 1 fully saturated rings. The predicted octanol–water partition coefficient (Wildman–Crippen LogP) is 6.60. The van der Waals surface area contributed by atoms with Crippen LogP contribution >= 0.6 is 15.9 Å². The molecule has 36 heavy (non-hydrogen) atoms. The van der Waals surface area contributed by atoms with Crippen molar-refractivity contribution in [2.45, 2.75) is 51.7 Å². The fourth-order valence-electron chi connectivity index (χ4n) is 4.50. The molecule has 1 saturated carbocycles. The second-order valence-corrected chi connectivity index (χ2v) is 9.92. The van der Waals surface area contributed by atoms with E-state index in [9.17, 15) is 14.7 Å². The molecule has 0 bridgehead atoms. The minimum atomic E-state index is -0.757. The van der Waals surface area contributed by atoms with Gasteiger partial charge in [-0.3, -0.25) is 10.1 Å². The van der Waals surface area contributed by atoms with Gasteiger partial charge in [0.1, 0.15) is 18.5 Å². The smallest absolute Gasteiger partial charge is 0.412 e. The molecule has 7 nitrogen and oxygen atoms in total. The van der Waals surface area contributed by atoms with Crippen molar-refractivity contribution in [1.82, 2.24) is 5.32 Å². The lowest BCUT2D eigenvalue weighted by molar-refractivity contribution is -0.143. The third-order valence-corrected chi connectivity index (χ3v) is 7.21.